The SMILES string of the molecule is c1ccc(-c2ccc(N(c3ccc(-c4ccccc4)cc3)c3cc4oc5ccccc5c4cc3-c3ccc4sc5ccccc5c4c3)cc2)cc1. The molecule has 10 rings (SSSR count). The van der Waals surface area contributed by atoms with Crippen molar-refractivity contribution in [1.29, 1.82) is 0 Å². The van der Waals surface area contributed by atoms with Gasteiger partial charge in [-0.1, -0.05) is 127 Å². The maximum atomic E-state index is 6.55. The Morgan fingerprint density at radius 2 is 0.882 bits per heavy atom. The van der Waals surface area contributed by atoms with Crippen molar-refractivity contribution in [3.63, 3.8) is 0 Å². The second-order valence-corrected chi connectivity index (χ2v) is 14.0. The van der Waals surface area contributed by atoms with Crippen LogP contribution >= 0.6 is 11.3 Å². The minimum absolute atomic E-state index is 0.865. The third kappa shape index (κ3) is 5.18. The highest BCUT2D eigenvalue weighted by Crippen LogP contribution is 2.46. The van der Waals surface area contributed by atoms with Gasteiger partial charge in [0.15, 0.2) is 0 Å². The summed E-state index contributed by atoms with van der Waals surface area (Å²) in [6.07, 6.45) is 0. The standard InChI is InChI=1S/C48H31NOS/c1-3-11-32(12-4-1)34-19-24-37(25-20-34)49(38-26-21-35(22-27-38)33-13-5-2-6-14-33)44-31-46-42(39-15-7-9-17-45(39)50-46)30-41(44)36-23-28-48-43(29-36)40-16-8-10-18-47(40)51-48/h1-31H. The van der Waals surface area contributed by atoms with E-state index in [1.54, 1.807) is 0 Å². The average Bonchev–Trinajstić information content (AvgIpc) is 3.76. The van der Waals surface area contributed by atoms with Crippen molar-refractivity contribution in [3.8, 4) is 33.4 Å². The van der Waals surface area contributed by atoms with Gasteiger partial charge in [-0.25, -0.2) is 0 Å². The summed E-state index contributed by atoms with van der Waals surface area (Å²) in [5.41, 5.74) is 12.0. The Balaban J connectivity index is 1.22. The van der Waals surface area contributed by atoms with Crippen molar-refractivity contribution >= 4 is 70.5 Å². The first-order valence-electron chi connectivity index (χ1n) is 17.2. The zero-order valence-corrected chi connectivity index (χ0v) is 28.5. The summed E-state index contributed by atoms with van der Waals surface area (Å²) >= 11 is 1.85. The van der Waals surface area contributed by atoms with E-state index in [-0.39, 0.29) is 0 Å². The van der Waals surface area contributed by atoms with Crippen molar-refractivity contribution in [2.45, 2.75) is 0 Å². The molecule has 0 aliphatic carbocycles. The molecule has 0 amide bonds. The Hall–Kier alpha value is -6.42. The van der Waals surface area contributed by atoms with Gasteiger partial charge in [0.2, 0.25) is 0 Å². The number of furan rings is 1. The molecule has 0 spiro atoms. The first-order valence-corrected chi connectivity index (χ1v) is 18.1. The maximum absolute atomic E-state index is 6.55. The van der Waals surface area contributed by atoms with Crippen molar-refractivity contribution in [3.05, 3.63) is 188 Å². The first-order chi connectivity index (χ1) is 25.3. The van der Waals surface area contributed by atoms with E-state index in [1.807, 2.05) is 17.4 Å². The van der Waals surface area contributed by atoms with Crippen LogP contribution in [0.5, 0.6) is 0 Å². The van der Waals surface area contributed by atoms with E-state index in [0.717, 1.165) is 44.6 Å². The number of thiophene rings is 1. The van der Waals surface area contributed by atoms with Gasteiger partial charge in [0, 0.05) is 53.9 Å². The molecule has 2 aromatic heterocycles. The Kier molecular flexibility index (Phi) is 7.04. The van der Waals surface area contributed by atoms with Gasteiger partial charge >= 0.3 is 0 Å². The van der Waals surface area contributed by atoms with Crippen LogP contribution in [-0.2, 0) is 0 Å². The Bertz CT molecular complexity index is 2750. The number of fused-ring (bicyclic) bond motifs is 6. The summed E-state index contributed by atoms with van der Waals surface area (Å²) in [4.78, 5) is 2.38. The van der Waals surface area contributed by atoms with Crippen LogP contribution < -0.4 is 4.90 Å². The minimum Gasteiger partial charge on any atom is -0.456 e. The summed E-state index contributed by atoms with van der Waals surface area (Å²) in [5.74, 6) is 0. The number of rotatable bonds is 6. The topological polar surface area (TPSA) is 16.4 Å². The number of hydrogen-bond acceptors (Lipinski definition) is 3. The lowest BCUT2D eigenvalue weighted by molar-refractivity contribution is 0.669. The largest absolute Gasteiger partial charge is 0.456 e. The van der Waals surface area contributed by atoms with Crippen LogP contribution in [0, 0.1) is 0 Å². The molecule has 3 heteroatoms. The number of para-hydroxylation sites is 1. The molecule has 0 saturated carbocycles. The Morgan fingerprint density at radius 1 is 0.353 bits per heavy atom. The van der Waals surface area contributed by atoms with Gasteiger partial charge in [-0.15, -0.1) is 11.3 Å². The summed E-state index contributed by atoms with van der Waals surface area (Å²) in [6.45, 7) is 0. The van der Waals surface area contributed by atoms with Gasteiger partial charge < -0.3 is 9.32 Å². The predicted molar refractivity (Wildman–Crippen MR) is 218 cm³/mol. The molecule has 0 aliphatic rings. The van der Waals surface area contributed by atoms with Crippen LogP contribution in [0.4, 0.5) is 17.1 Å². The summed E-state index contributed by atoms with van der Waals surface area (Å²) < 4.78 is 9.15. The molecule has 0 aliphatic heterocycles. The second-order valence-electron chi connectivity index (χ2n) is 12.9. The number of benzene rings is 8. The fourth-order valence-corrected chi connectivity index (χ4v) is 8.45. The highest BCUT2D eigenvalue weighted by atomic mass is 32.1. The lowest BCUT2D eigenvalue weighted by Crippen LogP contribution is -2.11. The number of hydrogen-bond donors (Lipinski definition) is 0. The highest BCUT2D eigenvalue weighted by molar-refractivity contribution is 7.25. The maximum Gasteiger partial charge on any atom is 0.137 e. The lowest BCUT2D eigenvalue weighted by Gasteiger charge is -2.28. The monoisotopic (exact) mass is 669 g/mol. The average molecular weight is 670 g/mol. The van der Waals surface area contributed by atoms with E-state index >= 15 is 0 Å². The van der Waals surface area contributed by atoms with Gasteiger partial charge in [-0.3, -0.25) is 0 Å². The summed E-state index contributed by atoms with van der Waals surface area (Å²) in [5, 5.41) is 4.80. The van der Waals surface area contributed by atoms with Crippen LogP contribution in [0.2, 0.25) is 0 Å². The molecule has 0 atom stereocenters. The molecule has 10 aromatic rings. The Morgan fingerprint density at radius 3 is 1.55 bits per heavy atom. The van der Waals surface area contributed by atoms with E-state index in [9.17, 15) is 0 Å². The van der Waals surface area contributed by atoms with Crippen molar-refractivity contribution < 1.29 is 4.42 Å². The molecule has 240 valence electrons. The van der Waals surface area contributed by atoms with Crippen molar-refractivity contribution in [2.24, 2.45) is 0 Å². The van der Waals surface area contributed by atoms with Gasteiger partial charge in [0.1, 0.15) is 11.2 Å². The normalized spacial score (nSPS) is 11.5. The van der Waals surface area contributed by atoms with Gasteiger partial charge in [0.25, 0.3) is 0 Å². The Labute approximate surface area is 300 Å². The molecule has 8 aromatic carbocycles. The summed E-state index contributed by atoms with van der Waals surface area (Å²) in [7, 11) is 0. The third-order valence-electron chi connectivity index (χ3n) is 9.89. The predicted octanol–water partition coefficient (Wildman–Crippen LogP) is 14.4. The highest BCUT2D eigenvalue weighted by Gasteiger charge is 2.22. The van der Waals surface area contributed by atoms with Gasteiger partial charge in [-0.05, 0) is 82.4 Å². The van der Waals surface area contributed by atoms with Gasteiger partial charge in [-0.2, -0.15) is 0 Å². The van der Waals surface area contributed by atoms with Gasteiger partial charge in [0.05, 0.1) is 5.69 Å². The summed E-state index contributed by atoms with van der Waals surface area (Å²) in [6, 6.07) is 67.5. The molecule has 0 fully saturated rings. The van der Waals surface area contributed by atoms with E-state index in [2.05, 4.69) is 187 Å². The number of nitrogens with zero attached hydrogens (tertiary/aromatic N) is 1. The van der Waals surface area contributed by atoms with Crippen LogP contribution in [-0.4, -0.2) is 0 Å². The molecular formula is C48H31NOS. The quantitative estimate of drug-likeness (QED) is 0.175. The zero-order chi connectivity index (χ0) is 33.7. The molecular weight excluding hydrogens is 639 g/mol. The van der Waals surface area contributed by atoms with E-state index in [1.165, 1.54) is 48.0 Å². The number of anilines is 3. The fraction of sp³-hybridized carbons (Fsp3) is 0. The zero-order valence-electron chi connectivity index (χ0n) is 27.7. The van der Waals surface area contributed by atoms with Crippen molar-refractivity contribution in [1.82, 2.24) is 0 Å². The molecule has 0 unspecified atom stereocenters. The van der Waals surface area contributed by atoms with E-state index in [4.69, 9.17) is 4.42 Å². The van der Waals surface area contributed by atoms with Crippen molar-refractivity contribution in [2.75, 3.05) is 4.90 Å². The molecule has 0 bridgehead atoms. The molecule has 0 saturated heterocycles. The van der Waals surface area contributed by atoms with Crippen LogP contribution in [0.3, 0.4) is 0 Å². The minimum atomic E-state index is 0.865. The van der Waals surface area contributed by atoms with E-state index in [0.29, 0.717) is 0 Å². The fourth-order valence-electron chi connectivity index (χ4n) is 7.36. The van der Waals surface area contributed by atoms with Crippen LogP contribution in [0.25, 0.3) is 75.5 Å². The van der Waals surface area contributed by atoms with Crippen LogP contribution in [0.1, 0.15) is 0 Å². The lowest BCUT2D eigenvalue weighted by atomic mass is 9.97. The molecule has 0 radical (unpaired) electrons. The third-order valence-corrected chi connectivity index (χ3v) is 11.0. The molecule has 2 heterocycles. The smallest absolute Gasteiger partial charge is 0.137 e. The molecule has 0 N–H and O–H groups in total. The van der Waals surface area contributed by atoms with Crippen LogP contribution in [0.15, 0.2) is 192 Å². The molecule has 51 heavy (non-hydrogen) atoms. The molecule has 2 nitrogen and oxygen atoms in total. The van der Waals surface area contributed by atoms with E-state index < -0.39 is 0 Å². The second kappa shape index (κ2) is 12.2. The first kappa shape index (κ1) is 29.5.